The van der Waals surface area contributed by atoms with Crippen LogP contribution in [0, 0.1) is 0 Å². The van der Waals surface area contributed by atoms with E-state index in [1.54, 1.807) is 6.07 Å². The topological polar surface area (TPSA) is 54.1 Å². The van der Waals surface area contributed by atoms with Gasteiger partial charge in [0.05, 0.1) is 12.7 Å². The smallest absolute Gasteiger partial charge is 0.338 e. The van der Waals surface area contributed by atoms with Gasteiger partial charge in [-0.1, -0.05) is 31.2 Å². The predicted molar refractivity (Wildman–Crippen MR) is 97.7 cm³/mol. The number of hydrogen-bond donors (Lipinski definition) is 2. The Morgan fingerprint density at radius 2 is 2.25 bits per heavy atom. The van der Waals surface area contributed by atoms with Crippen LogP contribution in [0.3, 0.4) is 0 Å². The summed E-state index contributed by atoms with van der Waals surface area (Å²) in [6, 6.07) is 7.64. The summed E-state index contributed by atoms with van der Waals surface area (Å²) in [5.74, 6) is -0.313. The van der Waals surface area contributed by atoms with Crippen molar-refractivity contribution in [3.63, 3.8) is 0 Å². The van der Waals surface area contributed by atoms with Gasteiger partial charge >= 0.3 is 5.97 Å². The number of aromatic nitrogens is 1. The van der Waals surface area contributed by atoms with E-state index in [2.05, 4.69) is 41.7 Å². The van der Waals surface area contributed by atoms with Crippen LogP contribution >= 0.6 is 0 Å². The quantitative estimate of drug-likeness (QED) is 0.641. The first kappa shape index (κ1) is 16.1. The molecule has 0 aliphatic heterocycles. The summed E-state index contributed by atoms with van der Waals surface area (Å²) in [7, 11) is 1.40. The molecule has 124 valence electrons. The molecule has 0 saturated heterocycles. The van der Waals surface area contributed by atoms with E-state index in [4.69, 9.17) is 4.74 Å². The molecule has 0 bridgehead atoms. The Kier molecular flexibility index (Phi) is 4.85. The molecule has 0 radical (unpaired) electrons. The number of carbonyl (C=O) groups is 1. The molecule has 2 N–H and O–H groups in total. The largest absolute Gasteiger partial charge is 0.465 e. The monoisotopic (exact) mass is 322 g/mol. The average molecular weight is 322 g/mol. The van der Waals surface area contributed by atoms with Gasteiger partial charge in [0.15, 0.2) is 0 Å². The van der Waals surface area contributed by atoms with Crippen LogP contribution in [0.2, 0.25) is 0 Å². The SMILES string of the molecule is CCCNC=C1C=CC(c2cc3c(C(=O)OC)cccc3[nH]2)=CC1. The number of hydrogen-bond acceptors (Lipinski definition) is 3. The second-order valence-corrected chi connectivity index (χ2v) is 5.81. The highest BCUT2D eigenvalue weighted by Gasteiger charge is 2.14. The maximum atomic E-state index is 11.9. The van der Waals surface area contributed by atoms with Crippen molar-refractivity contribution in [2.75, 3.05) is 13.7 Å². The molecular weight excluding hydrogens is 300 g/mol. The summed E-state index contributed by atoms with van der Waals surface area (Å²) in [5.41, 5.74) is 4.93. The van der Waals surface area contributed by atoms with Crippen molar-refractivity contribution >= 4 is 22.4 Å². The molecule has 1 aliphatic rings. The first-order chi connectivity index (χ1) is 11.7. The Morgan fingerprint density at radius 1 is 1.38 bits per heavy atom. The third-order valence-corrected chi connectivity index (χ3v) is 4.10. The lowest BCUT2D eigenvalue weighted by molar-refractivity contribution is 0.0603. The summed E-state index contributed by atoms with van der Waals surface area (Å²) in [6.45, 7) is 3.14. The van der Waals surface area contributed by atoms with Crippen LogP contribution in [-0.4, -0.2) is 24.6 Å². The van der Waals surface area contributed by atoms with Crippen molar-refractivity contribution in [2.24, 2.45) is 0 Å². The van der Waals surface area contributed by atoms with E-state index in [1.807, 2.05) is 18.2 Å². The standard InChI is InChI=1S/C20H22N2O2/c1-3-11-21-13-14-7-9-15(10-8-14)19-12-17-16(20(23)24-2)5-4-6-18(17)22-19/h4-7,9-10,12-13,21-22H,3,8,11H2,1-2H3. The number of ether oxygens (including phenoxy) is 1. The van der Waals surface area contributed by atoms with Gasteiger partial charge in [0.2, 0.25) is 0 Å². The summed E-state index contributed by atoms with van der Waals surface area (Å²) >= 11 is 0. The van der Waals surface area contributed by atoms with Crippen LogP contribution < -0.4 is 5.32 Å². The Balaban J connectivity index is 1.85. The molecular formula is C20H22N2O2. The number of methoxy groups -OCH3 is 1. The van der Waals surface area contributed by atoms with Gasteiger partial charge in [0.25, 0.3) is 0 Å². The van der Waals surface area contributed by atoms with Crippen molar-refractivity contribution in [1.82, 2.24) is 10.3 Å². The van der Waals surface area contributed by atoms with Crippen LogP contribution in [0.25, 0.3) is 16.5 Å². The van der Waals surface area contributed by atoms with E-state index in [-0.39, 0.29) is 5.97 Å². The van der Waals surface area contributed by atoms with Crippen LogP contribution in [0.5, 0.6) is 0 Å². The fourth-order valence-electron chi connectivity index (χ4n) is 2.81. The highest BCUT2D eigenvalue weighted by molar-refractivity contribution is 6.05. The number of allylic oxidation sites excluding steroid dienone is 5. The minimum absolute atomic E-state index is 0.313. The highest BCUT2D eigenvalue weighted by atomic mass is 16.5. The van der Waals surface area contributed by atoms with Gasteiger partial charge in [-0.05, 0) is 48.4 Å². The minimum atomic E-state index is -0.313. The number of fused-ring (bicyclic) bond motifs is 1. The molecule has 24 heavy (non-hydrogen) atoms. The van der Waals surface area contributed by atoms with Crippen molar-refractivity contribution in [3.05, 3.63) is 65.5 Å². The first-order valence-corrected chi connectivity index (χ1v) is 8.24. The van der Waals surface area contributed by atoms with E-state index in [1.165, 1.54) is 12.7 Å². The third kappa shape index (κ3) is 3.27. The second kappa shape index (κ2) is 7.21. The van der Waals surface area contributed by atoms with Gasteiger partial charge in [0.1, 0.15) is 0 Å². The average Bonchev–Trinajstić information content (AvgIpc) is 3.06. The van der Waals surface area contributed by atoms with Crippen molar-refractivity contribution in [1.29, 1.82) is 0 Å². The number of esters is 1. The summed E-state index contributed by atoms with van der Waals surface area (Å²) in [5, 5.41) is 4.19. The maximum Gasteiger partial charge on any atom is 0.338 e. The van der Waals surface area contributed by atoms with E-state index in [0.29, 0.717) is 5.56 Å². The predicted octanol–water partition coefficient (Wildman–Crippen LogP) is 4.18. The first-order valence-electron chi connectivity index (χ1n) is 8.24. The molecule has 0 fully saturated rings. The van der Waals surface area contributed by atoms with Crippen molar-refractivity contribution in [2.45, 2.75) is 19.8 Å². The lowest BCUT2D eigenvalue weighted by Gasteiger charge is -2.08. The molecule has 0 atom stereocenters. The highest BCUT2D eigenvalue weighted by Crippen LogP contribution is 2.28. The zero-order chi connectivity index (χ0) is 16.9. The Bertz CT molecular complexity index is 840. The molecule has 0 amide bonds. The molecule has 0 spiro atoms. The number of H-pyrrole nitrogens is 1. The molecule has 4 heteroatoms. The molecule has 1 aliphatic carbocycles. The van der Waals surface area contributed by atoms with Gasteiger partial charge in [-0.3, -0.25) is 0 Å². The van der Waals surface area contributed by atoms with Crippen LogP contribution in [0.1, 0.15) is 35.8 Å². The zero-order valence-electron chi connectivity index (χ0n) is 14.1. The van der Waals surface area contributed by atoms with E-state index >= 15 is 0 Å². The molecule has 0 saturated carbocycles. The zero-order valence-corrected chi connectivity index (χ0v) is 14.1. The molecule has 1 aromatic heterocycles. The lowest BCUT2D eigenvalue weighted by Crippen LogP contribution is -2.06. The Hall–Kier alpha value is -2.75. The molecule has 1 heterocycles. The summed E-state index contributed by atoms with van der Waals surface area (Å²) in [4.78, 5) is 15.3. The fraction of sp³-hybridized carbons (Fsp3) is 0.250. The van der Waals surface area contributed by atoms with Gasteiger partial charge < -0.3 is 15.0 Å². The van der Waals surface area contributed by atoms with Gasteiger partial charge in [-0.15, -0.1) is 0 Å². The Labute approximate surface area is 141 Å². The third-order valence-electron chi connectivity index (χ3n) is 4.10. The summed E-state index contributed by atoms with van der Waals surface area (Å²) in [6.07, 6.45) is 10.5. The van der Waals surface area contributed by atoms with E-state index in [0.717, 1.165) is 41.6 Å². The lowest BCUT2D eigenvalue weighted by atomic mass is 10.0. The van der Waals surface area contributed by atoms with Gasteiger partial charge in [-0.25, -0.2) is 4.79 Å². The van der Waals surface area contributed by atoms with Crippen LogP contribution in [0.15, 0.2) is 54.3 Å². The number of rotatable bonds is 5. The maximum absolute atomic E-state index is 11.9. The van der Waals surface area contributed by atoms with Gasteiger partial charge in [-0.2, -0.15) is 0 Å². The normalized spacial score (nSPS) is 15.6. The van der Waals surface area contributed by atoms with E-state index in [9.17, 15) is 4.79 Å². The molecule has 0 unspecified atom stereocenters. The Morgan fingerprint density at radius 3 is 2.96 bits per heavy atom. The number of aromatic amines is 1. The molecule has 3 rings (SSSR count). The molecule has 2 aromatic rings. The van der Waals surface area contributed by atoms with Crippen molar-refractivity contribution < 1.29 is 9.53 Å². The van der Waals surface area contributed by atoms with Crippen LogP contribution in [-0.2, 0) is 4.74 Å². The number of benzene rings is 1. The number of carbonyl (C=O) groups excluding carboxylic acids is 1. The minimum Gasteiger partial charge on any atom is -0.465 e. The molecule has 1 aromatic carbocycles. The van der Waals surface area contributed by atoms with Crippen molar-refractivity contribution in [3.8, 4) is 0 Å². The second-order valence-electron chi connectivity index (χ2n) is 5.81. The summed E-state index contributed by atoms with van der Waals surface area (Å²) < 4.78 is 4.86. The van der Waals surface area contributed by atoms with Crippen LogP contribution in [0.4, 0.5) is 0 Å². The fourth-order valence-corrected chi connectivity index (χ4v) is 2.81. The molecule has 4 nitrogen and oxygen atoms in total. The van der Waals surface area contributed by atoms with Gasteiger partial charge in [0, 0.05) is 23.1 Å². The number of nitrogens with one attached hydrogen (secondary N) is 2. The van der Waals surface area contributed by atoms with E-state index < -0.39 is 0 Å².